The maximum Gasteiger partial charge on any atom is 0.414 e. The van der Waals surface area contributed by atoms with Gasteiger partial charge < -0.3 is 5.11 Å². The molecule has 0 saturated heterocycles. The van der Waals surface area contributed by atoms with Gasteiger partial charge in [0.15, 0.2) is 6.10 Å². The predicted molar refractivity (Wildman–Crippen MR) is 52.4 cm³/mol. The summed E-state index contributed by atoms with van der Waals surface area (Å²) in [6, 6.07) is 0. The van der Waals surface area contributed by atoms with Crippen LogP contribution < -0.4 is 0 Å². The Morgan fingerprint density at radius 3 is 2.47 bits per heavy atom. The number of hydrogen-bond donors (Lipinski definition) is 1. The first-order valence-electron chi connectivity index (χ1n) is 5.71. The second kappa shape index (κ2) is 5.19. The maximum absolute atomic E-state index is 12.1. The van der Waals surface area contributed by atoms with Crippen LogP contribution in [0.3, 0.4) is 0 Å². The van der Waals surface area contributed by atoms with Gasteiger partial charge in [-0.2, -0.15) is 13.2 Å². The topological polar surface area (TPSA) is 20.2 Å². The summed E-state index contributed by atoms with van der Waals surface area (Å²) in [7, 11) is 0. The summed E-state index contributed by atoms with van der Waals surface area (Å²) in [5.74, 6) is -0.412. The molecular weight excluding hydrogens is 205 g/mol. The van der Waals surface area contributed by atoms with Crippen LogP contribution in [0.25, 0.3) is 0 Å². The Hall–Kier alpha value is -0.250. The second-order valence-electron chi connectivity index (χ2n) is 4.50. The Bertz CT molecular complexity index is 191. The minimum Gasteiger partial charge on any atom is -0.383 e. The van der Waals surface area contributed by atoms with Gasteiger partial charge in [-0.1, -0.05) is 39.0 Å². The van der Waals surface area contributed by atoms with Crippen molar-refractivity contribution in [2.75, 3.05) is 0 Å². The smallest absolute Gasteiger partial charge is 0.383 e. The van der Waals surface area contributed by atoms with Gasteiger partial charge in [-0.3, -0.25) is 0 Å². The van der Waals surface area contributed by atoms with E-state index >= 15 is 0 Å². The van der Waals surface area contributed by atoms with Crippen LogP contribution in [-0.4, -0.2) is 17.4 Å². The van der Waals surface area contributed by atoms with E-state index in [0.29, 0.717) is 6.42 Å². The quantitative estimate of drug-likeness (QED) is 0.684. The Labute approximate surface area is 88.7 Å². The molecular formula is C11H19F3O. The normalized spacial score (nSPS) is 27.8. The highest BCUT2D eigenvalue weighted by Gasteiger charge is 2.53. The average molecular weight is 224 g/mol. The molecule has 0 aromatic heterocycles. The number of alkyl halides is 3. The lowest BCUT2D eigenvalue weighted by atomic mass is 10.1. The predicted octanol–water partition coefficient (Wildman–Crippen LogP) is 3.52. The Morgan fingerprint density at radius 2 is 1.93 bits per heavy atom. The van der Waals surface area contributed by atoms with Gasteiger partial charge in [-0.15, -0.1) is 0 Å². The lowest BCUT2D eigenvalue weighted by Gasteiger charge is -2.13. The molecule has 4 heteroatoms. The summed E-state index contributed by atoms with van der Waals surface area (Å²) in [6.07, 6.45) is -0.735. The van der Waals surface area contributed by atoms with Gasteiger partial charge in [-0.05, 0) is 18.3 Å². The van der Waals surface area contributed by atoms with Gasteiger partial charge in [0.1, 0.15) is 0 Å². The first-order chi connectivity index (χ1) is 6.96. The van der Waals surface area contributed by atoms with Crippen molar-refractivity contribution in [3.05, 3.63) is 0 Å². The Morgan fingerprint density at radius 1 is 1.27 bits per heavy atom. The zero-order chi connectivity index (χ0) is 11.5. The van der Waals surface area contributed by atoms with E-state index in [2.05, 4.69) is 6.92 Å². The summed E-state index contributed by atoms with van der Waals surface area (Å²) in [6.45, 7) is 2.10. The zero-order valence-corrected chi connectivity index (χ0v) is 9.06. The molecule has 1 nitrogen and oxygen atoms in total. The minimum atomic E-state index is -4.43. The zero-order valence-electron chi connectivity index (χ0n) is 9.06. The van der Waals surface area contributed by atoms with Gasteiger partial charge in [0.05, 0.1) is 0 Å². The molecule has 1 aliphatic rings. The Balaban J connectivity index is 2.12. The maximum atomic E-state index is 12.1. The van der Waals surface area contributed by atoms with Crippen molar-refractivity contribution in [1.29, 1.82) is 0 Å². The molecule has 1 aliphatic carbocycles. The van der Waals surface area contributed by atoms with E-state index in [4.69, 9.17) is 5.11 Å². The molecule has 0 radical (unpaired) electrons. The second-order valence-corrected chi connectivity index (χ2v) is 4.50. The first-order valence-corrected chi connectivity index (χ1v) is 5.71. The summed E-state index contributed by atoms with van der Waals surface area (Å²) < 4.78 is 36.3. The molecule has 0 unspecified atom stereocenters. The lowest BCUT2D eigenvalue weighted by Crippen LogP contribution is -2.31. The molecule has 0 spiro atoms. The molecule has 0 aliphatic heterocycles. The van der Waals surface area contributed by atoms with Crippen molar-refractivity contribution < 1.29 is 18.3 Å². The minimum absolute atomic E-state index is 0.110. The summed E-state index contributed by atoms with van der Waals surface area (Å²) in [5, 5.41) is 8.97. The summed E-state index contributed by atoms with van der Waals surface area (Å²) >= 11 is 0. The highest BCUT2D eigenvalue weighted by atomic mass is 19.4. The van der Waals surface area contributed by atoms with Gasteiger partial charge in [-0.25, -0.2) is 0 Å². The van der Waals surface area contributed by atoms with Crippen LogP contribution in [0, 0.1) is 11.8 Å². The number of rotatable bonds is 6. The van der Waals surface area contributed by atoms with Crippen molar-refractivity contribution in [2.45, 2.75) is 57.7 Å². The summed E-state index contributed by atoms with van der Waals surface area (Å²) in [5.41, 5.74) is 0. The molecule has 0 amide bonds. The standard InChI is InChI=1S/C11H19F3O/c1-2-3-4-5-6-8-7-9(8)10(15)11(12,13)14/h8-10,15H,2-7H2,1H3/t8-,9-,10-/m1/s1. The van der Waals surface area contributed by atoms with E-state index in [9.17, 15) is 13.2 Å². The molecule has 0 bridgehead atoms. The molecule has 0 heterocycles. The van der Waals surface area contributed by atoms with Crippen LogP contribution in [0.15, 0.2) is 0 Å². The fourth-order valence-corrected chi connectivity index (χ4v) is 2.07. The summed E-state index contributed by atoms with van der Waals surface area (Å²) in [4.78, 5) is 0. The van der Waals surface area contributed by atoms with Gasteiger partial charge in [0.2, 0.25) is 0 Å². The van der Waals surface area contributed by atoms with E-state index in [0.717, 1.165) is 32.1 Å². The lowest BCUT2D eigenvalue weighted by molar-refractivity contribution is -0.211. The number of hydrogen-bond acceptors (Lipinski definition) is 1. The van der Waals surface area contributed by atoms with Crippen LogP contribution in [0.4, 0.5) is 13.2 Å². The fourth-order valence-electron chi connectivity index (χ4n) is 2.07. The molecule has 1 N–H and O–H groups in total. The largest absolute Gasteiger partial charge is 0.414 e. The molecule has 0 aromatic carbocycles. The average Bonchev–Trinajstić information content (AvgIpc) is 2.89. The molecule has 1 rings (SSSR count). The molecule has 90 valence electrons. The van der Waals surface area contributed by atoms with Gasteiger partial charge in [0.25, 0.3) is 0 Å². The third-order valence-corrected chi connectivity index (χ3v) is 3.15. The van der Waals surface area contributed by atoms with Crippen molar-refractivity contribution in [2.24, 2.45) is 11.8 Å². The van der Waals surface area contributed by atoms with Crippen molar-refractivity contribution in [3.63, 3.8) is 0 Å². The van der Waals surface area contributed by atoms with Crippen LogP contribution in [0.5, 0.6) is 0 Å². The molecule has 1 fully saturated rings. The van der Waals surface area contributed by atoms with E-state index in [1.807, 2.05) is 0 Å². The van der Waals surface area contributed by atoms with Crippen LogP contribution >= 0.6 is 0 Å². The van der Waals surface area contributed by atoms with E-state index in [-0.39, 0.29) is 5.92 Å². The third kappa shape index (κ3) is 4.01. The number of unbranched alkanes of at least 4 members (excludes halogenated alkanes) is 3. The number of halogens is 3. The van der Waals surface area contributed by atoms with E-state index < -0.39 is 18.2 Å². The fraction of sp³-hybridized carbons (Fsp3) is 1.00. The highest BCUT2D eigenvalue weighted by molar-refractivity contribution is 4.93. The third-order valence-electron chi connectivity index (χ3n) is 3.15. The van der Waals surface area contributed by atoms with Gasteiger partial charge in [0, 0.05) is 0 Å². The molecule has 1 saturated carbocycles. The van der Waals surface area contributed by atoms with Crippen LogP contribution in [-0.2, 0) is 0 Å². The Kier molecular flexibility index (Phi) is 4.44. The van der Waals surface area contributed by atoms with Crippen LogP contribution in [0.1, 0.15) is 45.4 Å². The first kappa shape index (κ1) is 12.8. The van der Waals surface area contributed by atoms with E-state index in [1.54, 1.807) is 0 Å². The highest BCUT2D eigenvalue weighted by Crippen LogP contribution is 2.48. The molecule has 0 aromatic rings. The SMILES string of the molecule is CCCCCC[C@@H]1C[C@H]1[C@@H](O)C(F)(F)F. The number of aliphatic hydroxyl groups is 1. The number of aliphatic hydroxyl groups excluding tert-OH is 1. The van der Waals surface area contributed by atoms with Gasteiger partial charge >= 0.3 is 6.18 Å². The monoisotopic (exact) mass is 224 g/mol. The van der Waals surface area contributed by atoms with Crippen molar-refractivity contribution in [1.82, 2.24) is 0 Å². The van der Waals surface area contributed by atoms with Crippen LogP contribution in [0.2, 0.25) is 0 Å². The molecule has 15 heavy (non-hydrogen) atoms. The van der Waals surface area contributed by atoms with Crippen molar-refractivity contribution >= 4 is 0 Å². The van der Waals surface area contributed by atoms with Crippen molar-refractivity contribution in [3.8, 4) is 0 Å². The van der Waals surface area contributed by atoms with E-state index in [1.165, 1.54) is 0 Å². The molecule has 3 atom stereocenters.